The molecular formula is C25H32N2O2S. The molecule has 0 atom stereocenters. The summed E-state index contributed by atoms with van der Waals surface area (Å²) in [6.45, 7) is 3.39. The predicted octanol–water partition coefficient (Wildman–Crippen LogP) is 5.06. The molecule has 0 aliphatic heterocycles. The van der Waals surface area contributed by atoms with Crippen molar-refractivity contribution in [3.63, 3.8) is 0 Å². The molecule has 0 unspecified atom stereocenters. The number of aryl methyl sites for hydroxylation is 1. The Kier molecular flexibility index (Phi) is 8.38. The Hall–Kier alpha value is -2.27. The zero-order valence-corrected chi connectivity index (χ0v) is 18.8. The molecule has 5 heteroatoms. The number of carbonyl (C=O) groups excluding carboxylic acids is 2. The van der Waals surface area contributed by atoms with E-state index >= 15 is 0 Å². The van der Waals surface area contributed by atoms with Crippen molar-refractivity contribution < 1.29 is 9.59 Å². The van der Waals surface area contributed by atoms with Gasteiger partial charge < -0.3 is 10.2 Å². The van der Waals surface area contributed by atoms with Crippen LogP contribution in [0.15, 0.2) is 53.4 Å². The molecule has 0 aromatic heterocycles. The van der Waals surface area contributed by atoms with Crippen LogP contribution in [0.2, 0.25) is 0 Å². The Bertz CT molecular complexity index is 844. The first-order valence-corrected chi connectivity index (χ1v) is 11.8. The fraction of sp³-hybridized carbons (Fsp3) is 0.440. The molecule has 3 rings (SSSR count). The number of nitrogens with one attached hydrogen (secondary N) is 1. The molecule has 0 bridgehead atoms. The average molecular weight is 425 g/mol. The van der Waals surface area contributed by atoms with Gasteiger partial charge in [0.1, 0.15) is 0 Å². The molecule has 2 aromatic carbocycles. The molecule has 30 heavy (non-hydrogen) atoms. The number of benzene rings is 2. The highest BCUT2D eigenvalue weighted by Crippen LogP contribution is 2.25. The Morgan fingerprint density at radius 2 is 1.73 bits per heavy atom. The Morgan fingerprint density at radius 1 is 1.03 bits per heavy atom. The van der Waals surface area contributed by atoms with E-state index in [0.29, 0.717) is 23.8 Å². The first kappa shape index (κ1) is 22.4. The molecule has 1 saturated carbocycles. The van der Waals surface area contributed by atoms with Gasteiger partial charge in [-0.15, -0.1) is 11.8 Å². The van der Waals surface area contributed by atoms with E-state index in [2.05, 4.69) is 36.5 Å². The van der Waals surface area contributed by atoms with E-state index in [4.69, 9.17) is 0 Å². The fourth-order valence-corrected chi connectivity index (χ4v) is 4.73. The molecule has 0 radical (unpaired) electrons. The van der Waals surface area contributed by atoms with Gasteiger partial charge in [0, 0.05) is 25.0 Å². The highest BCUT2D eigenvalue weighted by atomic mass is 32.2. The summed E-state index contributed by atoms with van der Waals surface area (Å²) in [5.41, 5.74) is 2.96. The first-order valence-electron chi connectivity index (χ1n) is 10.8. The number of amides is 2. The van der Waals surface area contributed by atoms with Crippen LogP contribution in [0, 0.1) is 12.8 Å². The van der Waals surface area contributed by atoms with Gasteiger partial charge in [0.2, 0.25) is 5.91 Å². The van der Waals surface area contributed by atoms with E-state index in [9.17, 15) is 9.59 Å². The van der Waals surface area contributed by atoms with Crippen molar-refractivity contribution >= 4 is 23.6 Å². The highest BCUT2D eigenvalue weighted by Gasteiger charge is 2.18. The minimum Gasteiger partial charge on any atom is -0.355 e. The summed E-state index contributed by atoms with van der Waals surface area (Å²) in [4.78, 5) is 27.9. The van der Waals surface area contributed by atoms with Crippen LogP contribution in [0.4, 0.5) is 0 Å². The molecule has 4 nitrogen and oxygen atoms in total. The van der Waals surface area contributed by atoms with Crippen LogP contribution < -0.4 is 5.32 Å². The number of nitrogens with zero attached hydrogens (tertiary/aromatic N) is 1. The molecule has 1 aliphatic rings. The second-order valence-electron chi connectivity index (χ2n) is 8.24. The third-order valence-corrected chi connectivity index (χ3v) is 6.75. The van der Waals surface area contributed by atoms with Crippen LogP contribution in [0.25, 0.3) is 0 Å². The van der Waals surface area contributed by atoms with Crippen LogP contribution >= 0.6 is 11.8 Å². The van der Waals surface area contributed by atoms with Gasteiger partial charge >= 0.3 is 0 Å². The van der Waals surface area contributed by atoms with E-state index < -0.39 is 0 Å². The summed E-state index contributed by atoms with van der Waals surface area (Å²) in [5, 5.41) is 3.08. The van der Waals surface area contributed by atoms with Crippen LogP contribution in [0.1, 0.15) is 53.6 Å². The lowest BCUT2D eigenvalue weighted by atomic mass is 9.89. The van der Waals surface area contributed by atoms with Gasteiger partial charge in [-0.05, 0) is 43.4 Å². The van der Waals surface area contributed by atoms with Crippen molar-refractivity contribution in [3.05, 3.63) is 65.2 Å². The maximum Gasteiger partial charge on any atom is 0.255 e. The van der Waals surface area contributed by atoms with E-state index in [1.807, 2.05) is 31.3 Å². The van der Waals surface area contributed by atoms with Crippen molar-refractivity contribution in [1.29, 1.82) is 0 Å². The minimum absolute atomic E-state index is 0.0266. The lowest BCUT2D eigenvalue weighted by Gasteiger charge is -2.21. The van der Waals surface area contributed by atoms with Crippen molar-refractivity contribution in [2.24, 2.45) is 5.92 Å². The molecule has 1 N–H and O–H groups in total. The van der Waals surface area contributed by atoms with Gasteiger partial charge in [-0.25, -0.2) is 0 Å². The Morgan fingerprint density at radius 3 is 2.47 bits per heavy atom. The molecule has 0 saturated heterocycles. The predicted molar refractivity (Wildman–Crippen MR) is 124 cm³/mol. The summed E-state index contributed by atoms with van der Waals surface area (Å²) in [6, 6.07) is 15.8. The number of carbonyl (C=O) groups is 2. The van der Waals surface area contributed by atoms with E-state index in [1.54, 1.807) is 4.90 Å². The van der Waals surface area contributed by atoms with Crippen molar-refractivity contribution in [1.82, 2.24) is 10.2 Å². The van der Waals surface area contributed by atoms with Crippen LogP contribution in [0.5, 0.6) is 0 Å². The number of hydrogen-bond donors (Lipinski definition) is 1. The third-order valence-electron chi connectivity index (χ3n) is 5.68. The van der Waals surface area contributed by atoms with Gasteiger partial charge in [-0.3, -0.25) is 9.59 Å². The lowest BCUT2D eigenvalue weighted by Crippen LogP contribution is -2.31. The fourth-order valence-electron chi connectivity index (χ4n) is 3.86. The van der Waals surface area contributed by atoms with Crippen molar-refractivity contribution in [2.45, 2.75) is 50.5 Å². The average Bonchev–Trinajstić information content (AvgIpc) is 2.78. The second-order valence-corrected chi connectivity index (χ2v) is 9.26. The molecule has 160 valence electrons. The monoisotopic (exact) mass is 424 g/mol. The summed E-state index contributed by atoms with van der Waals surface area (Å²) in [6.07, 6.45) is 6.32. The van der Waals surface area contributed by atoms with Gasteiger partial charge in [0.15, 0.2) is 0 Å². The van der Waals surface area contributed by atoms with Gasteiger partial charge in [0.25, 0.3) is 5.91 Å². The van der Waals surface area contributed by atoms with Crippen LogP contribution in [-0.4, -0.2) is 36.1 Å². The molecule has 1 fully saturated rings. The quantitative estimate of drug-likeness (QED) is 0.603. The first-order chi connectivity index (χ1) is 14.5. The Balaban J connectivity index is 1.54. The van der Waals surface area contributed by atoms with Crippen LogP contribution in [0.3, 0.4) is 0 Å². The SMILES string of the molecule is Cc1ccc(CN(C)C(=O)c2ccccc2SCC(=O)NCC2CCCCC2)cc1. The standard InChI is InChI=1S/C25H32N2O2S/c1-19-12-14-21(15-13-19)17-27(2)25(29)22-10-6-7-11-23(22)30-18-24(28)26-16-20-8-4-3-5-9-20/h6-7,10-15,20H,3-5,8-9,16-18H2,1-2H3,(H,26,28). The minimum atomic E-state index is -0.0266. The number of rotatable bonds is 8. The van der Waals surface area contributed by atoms with Crippen molar-refractivity contribution in [3.8, 4) is 0 Å². The van der Waals surface area contributed by atoms with Crippen LogP contribution in [-0.2, 0) is 11.3 Å². The van der Waals surface area contributed by atoms with Gasteiger partial charge in [0.05, 0.1) is 11.3 Å². The largest absolute Gasteiger partial charge is 0.355 e. The highest BCUT2D eigenvalue weighted by molar-refractivity contribution is 8.00. The lowest BCUT2D eigenvalue weighted by molar-refractivity contribution is -0.118. The maximum absolute atomic E-state index is 13.0. The van der Waals surface area contributed by atoms with Gasteiger partial charge in [-0.2, -0.15) is 0 Å². The molecule has 2 aromatic rings. The summed E-state index contributed by atoms with van der Waals surface area (Å²) in [5.74, 6) is 0.970. The van der Waals surface area contributed by atoms with Crippen molar-refractivity contribution in [2.75, 3.05) is 19.3 Å². The zero-order valence-electron chi connectivity index (χ0n) is 18.0. The Labute approximate surface area is 184 Å². The third kappa shape index (κ3) is 6.63. The van der Waals surface area contributed by atoms with E-state index in [0.717, 1.165) is 17.0 Å². The summed E-state index contributed by atoms with van der Waals surface area (Å²) >= 11 is 1.44. The molecular weight excluding hydrogens is 392 g/mol. The molecule has 0 spiro atoms. The topological polar surface area (TPSA) is 49.4 Å². The van der Waals surface area contributed by atoms with E-state index in [-0.39, 0.29) is 11.8 Å². The maximum atomic E-state index is 13.0. The second kappa shape index (κ2) is 11.2. The van der Waals surface area contributed by atoms with Gasteiger partial charge in [-0.1, -0.05) is 61.2 Å². The summed E-state index contributed by atoms with van der Waals surface area (Å²) in [7, 11) is 1.82. The molecule has 0 heterocycles. The molecule has 2 amide bonds. The van der Waals surface area contributed by atoms with E-state index in [1.165, 1.54) is 49.4 Å². The normalized spacial score (nSPS) is 14.3. The molecule has 1 aliphatic carbocycles. The number of thioether (sulfide) groups is 1. The summed E-state index contributed by atoms with van der Waals surface area (Å²) < 4.78 is 0. The zero-order chi connectivity index (χ0) is 21.3. The smallest absolute Gasteiger partial charge is 0.255 e. The number of hydrogen-bond acceptors (Lipinski definition) is 3.